The second kappa shape index (κ2) is 4.93. The van der Waals surface area contributed by atoms with Gasteiger partial charge in [0.1, 0.15) is 0 Å². The van der Waals surface area contributed by atoms with Crippen LogP contribution >= 0.6 is 11.8 Å². The third-order valence-electron chi connectivity index (χ3n) is 2.98. The van der Waals surface area contributed by atoms with Crippen LogP contribution in [0.3, 0.4) is 0 Å². The first kappa shape index (κ1) is 12.0. The Balaban J connectivity index is 2.33. The van der Waals surface area contributed by atoms with Gasteiger partial charge < -0.3 is 4.74 Å². The summed E-state index contributed by atoms with van der Waals surface area (Å²) in [6.45, 7) is 0. The number of thioether (sulfide) groups is 1. The Hall–Kier alpha value is -2.01. The van der Waals surface area contributed by atoms with Crippen molar-refractivity contribution in [3.8, 4) is 11.7 Å². The van der Waals surface area contributed by atoms with Crippen LogP contribution in [0.25, 0.3) is 16.5 Å². The molecule has 0 aliphatic carbocycles. The van der Waals surface area contributed by atoms with Crippen LogP contribution in [0.2, 0.25) is 0 Å². The van der Waals surface area contributed by atoms with Gasteiger partial charge in [0.2, 0.25) is 0 Å². The summed E-state index contributed by atoms with van der Waals surface area (Å²) in [5.74, 6) is 0. The molecule has 1 aromatic heterocycles. The fourth-order valence-corrected chi connectivity index (χ4v) is 2.61. The standard InChI is InChI=1S/C14H13N3OS/c1-18-13-15-16-14(19-2)17(13)12-9-5-7-10-6-3-4-8-11(10)12/h3-9H,1-2H3. The monoisotopic (exact) mass is 271 g/mol. The van der Waals surface area contributed by atoms with E-state index in [1.807, 2.05) is 35.1 Å². The Bertz CT molecular complexity index is 697. The number of rotatable bonds is 3. The molecule has 0 saturated carbocycles. The van der Waals surface area contributed by atoms with Crippen LogP contribution in [0.5, 0.6) is 6.01 Å². The molecule has 19 heavy (non-hydrogen) atoms. The molecular weight excluding hydrogens is 258 g/mol. The summed E-state index contributed by atoms with van der Waals surface area (Å²) in [6, 6.07) is 14.9. The van der Waals surface area contributed by atoms with Gasteiger partial charge in [-0.05, 0) is 17.7 Å². The summed E-state index contributed by atoms with van der Waals surface area (Å²) in [7, 11) is 1.61. The molecule has 0 amide bonds. The number of benzene rings is 2. The Morgan fingerprint density at radius 3 is 2.63 bits per heavy atom. The summed E-state index contributed by atoms with van der Waals surface area (Å²) in [5.41, 5.74) is 1.03. The lowest BCUT2D eigenvalue weighted by molar-refractivity contribution is 0.370. The van der Waals surface area contributed by atoms with E-state index in [0.717, 1.165) is 16.2 Å². The van der Waals surface area contributed by atoms with Crippen LogP contribution in [-0.4, -0.2) is 28.1 Å². The molecule has 0 saturated heterocycles. The smallest absolute Gasteiger partial charge is 0.322 e. The van der Waals surface area contributed by atoms with E-state index >= 15 is 0 Å². The second-order valence-electron chi connectivity index (χ2n) is 4.01. The van der Waals surface area contributed by atoms with E-state index in [-0.39, 0.29) is 0 Å². The summed E-state index contributed by atoms with van der Waals surface area (Å²) in [6.07, 6.45) is 1.98. The predicted molar refractivity (Wildman–Crippen MR) is 77.2 cm³/mol. The zero-order valence-electron chi connectivity index (χ0n) is 10.7. The average molecular weight is 271 g/mol. The molecule has 4 nitrogen and oxygen atoms in total. The van der Waals surface area contributed by atoms with Gasteiger partial charge in [-0.15, -0.1) is 5.10 Å². The van der Waals surface area contributed by atoms with Crippen molar-refractivity contribution in [3.63, 3.8) is 0 Å². The van der Waals surface area contributed by atoms with Gasteiger partial charge in [-0.1, -0.05) is 53.3 Å². The van der Waals surface area contributed by atoms with E-state index in [1.54, 1.807) is 18.9 Å². The van der Waals surface area contributed by atoms with E-state index in [2.05, 4.69) is 28.4 Å². The minimum atomic E-state index is 0.501. The van der Waals surface area contributed by atoms with Crippen molar-refractivity contribution in [2.24, 2.45) is 0 Å². The van der Waals surface area contributed by atoms with Crippen molar-refractivity contribution in [2.75, 3.05) is 13.4 Å². The first-order valence-electron chi connectivity index (χ1n) is 5.86. The van der Waals surface area contributed by atoms with Crippen molar-refractivity contribution in [1.29, 1.82) is 0 Å². The molecule has 0 spiro atoms. The normalized spacial score (nSPS) is 10.8. The van der Waals surface area contributed by atoms with Crippen molar-refractivity contribution in [1.82, 2.24) is 14.8 Å². The number of hydrogen-bond acceptors (Lipinski definition) is 4. The molecule has 5 heteroatoms. The molecule has 0 unspecified atom stereocenters. The van der Waals surface area contributed by atoms with Gasteiger partial charge in [0.15, 0.2) is 5.16 Å². The van der Waals surface area contributed by atoms with E-state index in [1.165, 1.54) is 5.39 Å². The minimum Gasteiger partial charge on any atom is -0.467 e. The zero-order chi connectivity index (χ0) is 13.2. The Morgan fingerprint density at radius 1 is 1.05 bits per heavy atom. The molecule has 0 bridgehead atoms. The van der Waals surface area contributed by atoms with Crippen molar-refractivity contribution in [3.05, 3.63) is 42.5 Å². The molecule has 2 aromatic carbocycles. The topological polar surface area (TPSA) is 39.9 Å². The molecule has 0 atom stereocenters. The van der Waals surface area contributed by atoms with Crippen LogP contribution in [0.15, 0.2) is 47.6 Å². The predicted octanol–water partition coefficient (Wildman–Crippen LogP) is 3.15. The maximum atomic E-state index is 5.31. The van der Waals surface area contributed by atoms with E-state index in [0.29, 0.717) is 6.01 Å². The SMILES string of the molecule is COc1nnc(SC)n1-c1cccc2ccccc12. The number of nitrogens with zero attached hydrogens (tertiary/aromatic N) is 3. The van der Waals surface area contributed by atoms with Gasteiger partial charge in [-0.2, -0.15) is 0 Å². The third-order valence-corrected chi connectivity index (χ3v) is 3.61. The summed E-state index contributed by atoms with van der Waals surface area (Å²) in [4.78, 5) is 0. The highest BCUT2D eigenvalue weighted by molar-refractivity contribution is 7.98. The number of methoxy groups -OCH3 is 1. The van der Waals surface area contributed by atoms with Crippen molar-refractivity contribution >= 4 is 22.5 Å². The molecule has 96 valence electrons. The molecule has 0 radical (unpaired) electrons. The Morgan fingerprint density at radius 2 is 1.84 bits per heavy atom. The molecular formula is C14H13N3OS. The average Bonchev–Trinajstić information content (AvgIpc) is 2.89. The van der Waals surface area contributed by atoms with E-state index < -0.39 is 0 Å². The minimum absolute atomic E-state index is 0.501. The number of hydrogen-bond donors (Lipinski definition) is 0. The van der Waals surface area contributed by atoms with Gasteiger partial charge in [0, 0.05) is 5.39 Å². The third kappa shape index (κ3) is 1.96. The number of aromatic nitrogens is 3. The molecule has 0 aliphatic rings. The molecule has 0 N–H and O–H groups in total. The molecule has 3 aromatic rings. The van der Waals surface area contributed by atoms with Gasteiger partial charge in [-0.25, -0.2) is 4.57 Å². The van der Waals surface area contributed by atoms with Gasteiger partial charge >= 0.3 is 6.01 Å². The van der Waals surface area contributed by atoms with Crippen LogP contribution in [0.4, 0.5) is 0 Å². The highest BCUT2D eigenvalue weighted by Crippen LogP contribution is 2.29. The first-order valence-corrected chi connectivity index (χ1v) is 7.09. The fraction of sp³-hybridized carbons (Fsp3) is 0.143. The Labute approximate surface area is 115 Å². The number of ether oxygens (including phenoxy) is 1. The Kier molecular flexibility index (Phi) is 3.13. The molecule has 3 rings (SSSR count). The lowest BCUT2D eigenvalue weighted by Gasteiger charge is -2.10. The second-order valence-corrected chi connectivity index (χ2v) is 4.78. The van der Waals surface area contributed by atoms with E-state index in [4.69, 9.17) is 4.74 Å². The molecule has 1 heterocycles. The van der Waals surface area contributed by atoms with Crippen molar-refractivity contribution < 1.29 is 4.74 Å². The fourth-order valence-electron chi connectivity index (χ4n) is 2.13. The summed E-state index contributed by atoms with van der Waals surface area (Å²) in [5, 5.41) is 11.3. The maximum absolute atomic E-state index is 5.31. The lowest BCUT2D eigenvalue weighted by Crippen LogP contribution is -2.00. The summed E-state index contributed by atoms with van der Waals surface area (Å²) < 4.78 is 7.24. The van der Waals surface area contributed by atoms with Gasteiger partial charge in [0.25, 0.3) is 0 Å². The van der Waals surface area contributed by atoms with Crippen LogP contribution in [0, 0.1) is 0 Å². The lowest BCUT2D eigenvalue weighted by atomic mass is 10.1. The van der Waals surface area contributed by atoms with Crippen LogP contribution < -0.4 is 4.74 Å². The quantitative estimate of drug-likeness (QED) is 0.686. The van der Waals surface area contributed by atoms with Gasteiger partial charge in [-0.3, -0.25) is 0 Å². The largest absolute Gasteiger partial charge is 0.467 e. The highest BCUT2D eigenvalue weighted by atomic mass is 32.2. The number of fused-ring (bicyclic) bond motifs is 1. The summed E-state index contributed by atoms with van der Waals surface area (Å²) >= 11 is 1.54. The first-order chi connectivity index (χ1) is 9.35. The zero-order valence-corrected chi connectivity index (χ0v) is 11.5. The van der Waals surface area contributed by atoms with E-state index in [9.17, 15) is 0 Å². The van der Waals surface area contributed by atoms with Crippen LogP contribution in [-0.2, 0) is 0 Å². The van der Waals surface area contributed by atoms with Crippen LogP contribution in [0.1, 0.15) is 0 Å². The molecule has 0 fully saturated rings. The maximum Gasteiger partial charge on any atom is 0.322 e. The highest BCUT2D eigenvalue weighted by Gasteiger charge is 2.15. The van der Waals surface area contributed by atoms with Crippen molar-refractivity contribution in [2.45, 2.75) is 5.16 Å². The molecule has 0 aliphatic heterocycles. The van der Waals surface area contributed by atoms with Gasteiger partial charge in [0.05, 0.1) is 12.8 Å².